The molecule has 1 aliphatic carbocycles. The van der Waals surface area contributed by atoms with Crippen LogP contribution in [0.4, 0.5) is 17.8 Å². The standard InChI is InChI=1S/C14H24N6O/c1-2-15-12-17-13(16-10-8-11(21)9-10)19-14(18-12)20-6-4-3-5-7-20/h10-11,21H,2-9H2,1H3,(H2,15,16,17,18,19). The molecule has 21 heavy (non-hydrogen) atoms. The molecule has 116 valence electrons. The third kappa shape index (κ3) is 3.53. The molecule has 1 saturated heterocycles. The minimum Gasteiger partial charge on any atom is -0.393 e. The first-order valence-electron chi connectivity index (χ1n) is 7.94. The number of piperidine rings is 1. The van der Waals surface area contributed by atoms with Gasteiger partial charge in [0.25, 0.3) is 0 Å². The largest absolute Gasteiger partial charge is 0.393 e. The number of hydrogen-bond acceptors (Lipinski definition) is 7. The first-order chi connectivity index (χ1) is 10.2. The molecule has 2 aliphatic rings. The fraction of sp³-hybridized carbons (Fsp3) is 0.786. The van der Waals surface area contributed by atoms with E-state index in [1.807, 2.05) is 6.92 Å². The van der Waals surface area contributed by atoms with E-state index in [-0.39, 0.29) is 12.1 Å². The first kappa shape index (κ1) is 14.3. The van der Waals surface area contributed by atoms with Gasteiger partial charge in [-0.05, 0) is 39.0 Å². The molecule has 0 atom stereocenters. The third-order valence-corrected chi connectivity index (χ3v) is 4.04. The van der Waals surface area contributed by atoms with Crippen LogP contribution in [0.3, 0.4) is 0 Å². The highest BCUT2D eigenvalue weighted by atomic mass is 16.3. The van der Waals surface area contributed by atoms with Crippen molar-refractivity contribution in [2.75, 3.05) is 35.2 Å². The van der Waals surface area contributed by atoms with Crippen LogP contribution in [0.2, 0.25) is 0 Å². The van der Waals surface area contributed by atoms with E-state index in [1.54, 1.807) is 0 Å². The lowest BCUT2D eigenvalue weighted by atomic mass is 9.90. The summed E-state index contributed by atoms with van der Waals surface area (Å²) >= 11 is 0. The summed E-state index contributed by atoms with van der Waals surface area (Å²) in [5.74, 6) is 1.98. The zero-order valence-corrected chi connectivity index (χ0v) is 12.5. The Morgan fingerprint density at radius 1 is 1.10 bits per heavy atom. The Bertz CT molecular complexity index is 471. The number of aromatic nitrogens is 3. The van der Waals surface area contributed by atoms with E-state index >= 15 is 0 Å². The number of anilines is 3. The van der Waals surface area contributed by atoms with Crippen molar-refractivity contribution in [1.82, 2.24) is 15.0 Å². The summed E-state index contributed by atoms with van der Waals surface area (Å²) in [5.41, 5.74) is 0. The van der Waals surface area contributed by atoms with Crippen LogP contribution in [-0.2, 0) is 0 Å². The molecular weight excluding hydrogens is 268 g/mol. The molecule has 1 aliphatic heterocycles. The minimum atomic E-state index is -0.181. The highest BCUT2D eigenvalue weighted by Crippen LogP contribution is 2.24. The quantitative estimate of drug-likeness (QED) is 0.752. The van der Waals surface area contributed by atoms with Crippen LogP contribution < -0.4 is 15.5 Å². The molecule has 1 saturated carbocycles. The third-order valence-electron chi connectivity index (χ3n) is 4.04. The van der Waals surface area contributed by atoms with Gasteiger partial charge in [0.1, 0.15) is 0 Å². The molecule has 7 heteroatoms. The number of nitrogens with zero attached hydrogens (tertiary/aromatic N) is 4. The van der Waals surface area contributed by atoms with Crippen LogP contribution in [0.15, 0.2) is 0 Å². The van der Waals surface area contributed by atoms with Gasteiger partial charge in [0.15, 0.2) is 0 Å². The van der Waals surface area contributed by atoms with Crippen LogP contribution in [0, 0.1) is 0 Å². The molecule has 2 fully saturated rings. The zero-order chi connectivity index (χ0) is 14.7. The zero-order valence-electron chi connectivity index (χ0n) is 12.5. The molecule has 1 aromatic heterocycles. The molecule has 0 bridgehead atoms. The summed E-state index contributed by atoms with van der Waals surface area (Å²) < 4.78 is 0. The SMILES string of the molecule is CCNc1nc(NC2CC(O)C2)nc(N2CCCCC2)n1. The Balaban J connectivity index is 1.75. The lowest BCUT2D eigenvalue weighted by Crippen LogP contribution is -2.39. The van der Waals surface area contributed by atoms with Crippen LogP contribution in [0.25, 0.3) is 0 Å². The molecule has 0 amide bonds. The van der Waals surface area contributed by atoms with Crippen molar-refractivity contribution in [3.63, 3.8) is 0 Å². The van der Waals surface area contributed by atoms with E-state index in [4.69, 9.17) is 0 Å². The minimum absolute atomic E-state index is 0.181. The Morgan fingerprint density at radius 2 is 1.81 bits per heavy atom. The Hall–Kier alpha value is -1.63. The lowest BCUT2D eigenvalue weighted by molar-refractivity contribution is 0.0834. The second-order valence-corrected chi connectivity index (χ2v) is 5.83. The Morgan fingerprint density at radius 3 is 2.48 bits per heavy atom. The van der Waals surface area contributed by atoms with Gasteiger partial charge < -0.3 is 20.6 Å². The van der Waals surface area contributed by atoms with E-state index in [1.165, 1.54) is 19.3 Å². The summed E-state index contributed by atoms with van der Waals surface area (Å²) in [5, 5.41) is 15.8. The van der Waals surface area contributed by atoms with Gasteiger partial charge >= 0.3 is 0 Å². The first-order valence-corrected chi connectivity index (χ1v) is 7.94. The molecule has 3 rings (SSSR count). The number of aliphatic hydroxyl groups excluding tert-OH is 1. The van der Waals surface area contributed by atoms with Gasteiger partial charge in [-0.25, -0.2) is 0 Å². The average molecular weight is 292 g/mol. The molecule has 2 heterocycles. The van der Waals surface area contributed by atoms with Gasteiger partial charge in [-0.15, -0.1) is 0 Å². The fourth-order valence-electron chi connectivity index (χ4n) is 2.79. The van der Waals surface area contributed by atoms with Gasteiger partial charge in [-0.1, -0.05) is 0 Å². The summed E-state index contributed by atoms with van der Waals surface area (Å²) in [6, 6.07) is 0.270. The maximum absolute atomic E-state index is 9.38. The second-order valence-electron chi connectivity index (χ2n) is 5.83. The van der Waals surface area contributed by atoms with Crippen molar-refractivity contribution in [1.29, 1.82) is 0 Å². The summed E-state index contributed by atoms with van der Waals surface area (Å²) in [7, 11) is 0. The van der Waals surface area contributed by atoms with Crippen molar-refractivity contribution in [3.05, 3.63) is 0 Å². The van der Waals surface area contributed by atoms with Gasteiger partial charge in [-0.3, -0.25) is 0 Å². The number of nitrogens with one attached hydrogen (secondary N) is 2. The van der Waals surface area contributed by atoms with Gasteiger partial charge in [0.2, 0.25) is 17.8 Å². The molecule has 0 spiro atoms. The summed E-state index contributed by atoms with van der Waals surface area (Å²) in [6.07, 6.45) is 5.02. The molecule has 0 aromatic carbocycles. The molecule has 1 aromatic rings. The summed E-state index contributed by atoms with van der Waals surface area (Å²) in [4.78, 5) is 15.7. The van der Waals surface area contributed by atoms with Crippen molar-refractivity contribution < 1.29 is 5.11 Å². The molecule has 3 N–H and O–H groups in total. The van der Waals surface area contributed by atoms with Crippen molar-refractivity contribution in [3.8, 4) is 0 Å². The monoisotopic (exact) mass is 292 g/mol. The average Bonchev–Trinajstić information content (AvgIpc) is 2.47. The van der Waals surface area contributed by atoms with E-state index in [2.05, 4.69) is 30.5 Å². The van der Waals surface area contributed by atoms with Crippen LogP contribution in [0.5, 0.6) is 0 Å². The highest BCUT2D eigenvalue weighted by Gasteiger charge is 2.28. The molecule has 0 radical (unpaired) electrons. The van der Waals surface area contributed by atoms with Gasteiger partial charge in [0.05, 0.1) is 6.10 Å². The molecule has 0 unspecified atom stereocenters. The predicted octanol–water partition coefficient (Wildman–Crippen LogP) is 1.23. The fourth-order valence-corrected chi connectivity index (χ4v) is 2.79. The predicted molar refractivity (Wildman–Crippen MR) is 82.7 cm³/mol. The second kappa shape index (κ2) is 6.43. The van der Waals surface area contributed by atoms with E-state index < -0.39 is 0 Å². The number of rotatable bonds is 5. The Kier molecular flexibility index (Phi) is 4.38. The number of hydrogen-bond donors (Lipinski definition) is 3. The maximum atomic E-state index is 9.38. The Labute approximate surface area is 125 Å². The van der Waals surface area contributed by atoms with Crippen LogP contribution >= 0.6 is 0 Å². The van der Waals surface area contributed by atoms with Gasteiger partial charge in [0, 0.05) is 25.7 Å². The highest BCUT2D eigenvalue weighted by molar-refractivity contribution is 5.44. The molecule has 7 nitrogen and oxygen atoms in total. The van der Waals surface area contributed by atoms with E-state index in [0.717, 1.165) is 38.4 Å². The van der Waals surface area contributed by atoms with Crippen molar-refractivity contribution in [2.45, 2.75) is 51.2 Å². The normalized spacial score (nSPS) is 25.3. The van der Waals surface area contributed by atoms with E-state index in [0.29, 0.717) is 11.9 Å². The smallest absolute Gasteiger partial charge is 0.231 e. The van der Waals surface area contributed by atoms with Crippen LogP contribution in [-0.4, -0.2) is 51.8 Å². The van der Waals surface area contributed by atoms with Crippen LogP contribution in [0.1, 0.15) is 39.0 Å². The van der Waals surface area contributed by atoms with Crippen molar-refractivity contribution >= 4 is 17.8 Å². The lowest BCUT2D eigenvalue weighted by Gasteiger charge is -2.32. The maximum Gasteiger partial charge on any atom is 0.231 e. The molecular formula is C14H24N6O. The summed E-state index contributed by atoms with van der Waals surface area (Å²) in [6.45, 7) is 4.83. The number of aliphatic hydroxyl groups is 1. The topological polar surface area (TPSA) is 86.2 Å². The van der Waals surface area contributed by atoms with Crippen molar-refractivity contribution in [2.24, 2.45) is 0 Å². The van der Waals surface area contributed by atoms with E-state index in [9.17, 15) is 5.11 Å². The van der Waals surface area contributed by atoms with Gasteiger partial charge in [-0.2, -0.15) is 15.0 Å².